The van der Waals surface area contributed by atoms with Crippen LogP contribution in [0.1, 0.15) is 16.7 Å². The minimum atomic E-state index is -4.95. The van der Waals surface area contributed by atoms with Crippen LogP contribution in [0.3, 0.4) is 0 Å². The van der Waals surface area contributed by atoms with Gasteiger partial charge in [-0.25, -0.2) is 4.98 Å². The van der Waals surface area contributed by atoms with Gasteiger partial charge in [-0.3, -0.25) is 0 Å². The molecule has 2 N–H and O–H groups in total. The third-order valence-electron chi connectivity index (χ3n) is 2.93. The van der Waals surface area contributed by atoms with E-state index in [2.05, 4.69) is 4.98 Å². The number of hydrogen-bond acceptors (Lipinski definition) is 3. The van der Waals surface area contributed by atoms with Gasteiger partial charge in [0.05, 0.1) is 22.4 Å². The Hall–Kier alpha value is -2.76. The standard InChI is InChI=1S/C14H7F6N3/c15-13(16,17)9-3-8(4-10(5-9)14(18,19)20)11-2-1-7(6-21)12(22)23-11/h1-5H,(H2,22,23). The maximum absolute atomic E-state index is 12.8. The molecule has 0 fully saturated rings. The highest BCUT2D eigenvalue weighted by molar-refractivity contribution is 5.65. The van der Waals surface area contributed by atoms with Crippen LogP contribution in [-0.4, -0.2) is 4.98 Å². The topological polar surface area (TPSA) is 62.7 Å². The lowest BCUT2D eigenvalue weighted by atomic mass is 10.0. The van der Waals surface area contributed by atoms with Gasteiger partial charge in [0.2, 0.25) is 0 Å². The number of aromatic nitrogens is 1. The fraction of sp³-hybridized carbons (Fsp3) is 0.143. The summed E-state index contributed by atoms with van der Waals surface area (Å²) >= 11 is 0. The number of nitrogen functional groups attached to an aromatic ring is 1. The number of anilines is 1. The number of nitrogens with two attached hydrogens (primary N) is 1. The lowest BCUT2D eigenvalue weighted by Gasteiger charge is -2.14. The van der Waals surface area contributed by atoms with Crippen molar-refractivity contribution in [2.24, 2.45) is 0 Å². The second-order valence-electron chi connectivity index (χ2n) is 4.54. The fourth-order valence-corrected chi connectivity index (χ4v) is 1.83. The van der Waals surface area contributed by atoms with Gasteiger partial charge in [-0.15, -0.1) is 0 Å². The number of halogens is 6. The van der Waals surface area contributed by atoms with Crippen LogP contribution in [0.4, 0.5) is 32.2 Å². The van der Waals surface area contributed by atoms with E-state index < -0.39 is 29.0 Å². The Bertz CT molecular complexity index is 754. The zero-order chi connectivity index (χ0) is 17.4. The first-order valence-corrected chi connectivity index (χ1v) is 5.99. The smallest absolute Gasteiger partial charge is 0.383 e. The second kappa shape index (κ2) is 5.46. The molecule has 0 atom stereocenters. The predicted molar refractivity (Wildman–Crippen MR) is 68.8 cm³/mol. The highest BCUT2D eigenvalue weighted by atomic mass is 19.4. The maximum atomic E-state index is 12.8. The number of alkyl halides is 6. The highest BCUT2D eigenvalue weighted by Gasteiger charge is 2.37. The molecular formula is C14H7F6N3. The normalized spacial score (nSPS) is 12.0. The summed E-state index contributed by atoms with van der Waals surface area (Å²) in [6.45, 7) is 0. The molecule has 0 saturated heterocycles. The van der Waals surface area contributed by atoms with Crippen molar-refractivity contribution in [1.29, 1.82) is 5.26 Å². The van der Waals surface area contributed by atoms with Gasteiger partial charge in [0.25, 0.3) is 0 Å². The molecule has 0 unspecified atom stereocenters. The third kappa shape index (κ3) is 3.53. The van der Waals surface area contributed by atoms with Gasteiger partial charge in [0.1, 0.15) is 11.9 Å². The molecule has 3 nitrogen and oxygen atoms in total. The van der Waals surface area contributed by atoms with Crippen molar-refractivity contribution in [3.63, 3.8) is 0 Å². The van der Waals surface area contributed by atoms with Crippen molar-refractivity contribution in [2.75, 3.05) is 5.73 Å². The number of hydrogen-bond donors (Lipinski definition) is 1. The van der Waals surface area contributed by atoms with Gasteiger partial charge in [-0.05, 0) is 30.3 Å². The average molecular weight is 331 g/mol. The van der Waals surface area contributed by atoms with Gasteiger partial charge in [-0.2, -0.15) is 31.6 Å². The summed E-state index contributed by atoms with van der Waals surface area (Å²) in [5.41, 5.74) is 1.91. The number of pyridine rings is 1. The first-order chi connectivity index (χ1) is 10.5. The molecule has 1 aromatic carbocycles. The minimum Gasteiger partial charge on any atom is -0.383 e. The summed E-state index contributed by atoms with van der Waals surface area (Å²) in [5, 5.41) is 8.71. The molecule has 0 aliphatic carbocycles. The van der Waals surface area contributed by atoms with E-state index in [0.717, 1.165) is 6.07 Å². The molecule has 0 amide bonds. The predicted octanol–water partition coefficient (Wildman–Crippen LogP) is 4.24. The van der Waals surface area contributed by atoms with Crippen molar-refractivity contribution in [3.05, 3.63) is 47.0 Å². The second-order valence-corrected chi connectivity index (χ2v) is 4.54. The molecule has 120 valence electrons. The van der Waals surface area contributed by atoms with Crippen molar-refractivity contribution in [3.8, 4) is 17.3 Å². The van der Waals surface area contributed by atoms with E-state index >= 15 is 0 Å². The SMILES string of the molecule is N#Cc1ccc(-c2cc(C(F)(F)F)cc(C(F)(F)F)c2)nc1N. The molecule has 0 aliphatic rings. The van der Waals surface area contributed by atoms with Gasteiger partial charge >= 0.3 is 12.4 Å². The minimum absolute atomic E-state index is 0.0243. The number of benzene rings is 1. The lowest BCUT2D eigenvalue weighted by molar-refractivity contribution is -0.143. The van der Waals surface area contributed by atoms with E-state index in [1.165, 1.54) is 6.07 Å². The molecule has 0 spiro atoms. The quantitative estimate of drug-likeness (QED) is 0.795. The van der Waals surface area contributed by atoms with Crippen LogP contribution in [0.5, 0.6) is 0 Å². The molecular weight excluding hydrogens is 324 g/mol. The molecule has 2 rings (SSSR count). The molecule has 9 heteroatoms. The van der Waals surface area contributed by atoms with E-state index in [9.17, 15) is 26.3 Å². The fourth-order valence-electron chi connectivity index (χ4n) is 1.83. The van der Waals surface area contributed by atoms with Crippen molar-refractivity contribution >= 4 is 5.82 Å². The molecule has 1 heterocycles. The van der Waals surface area contributed by atoms with Gasteiger partial charge < -0.3 is 5.73 Å². The Labute approximate surface area is 126 Å². The van der Waals surface area contributed by atoms with E-state index in [4.69, 9.17) is 11.0 Å². The lowest BCUT2D eigenvalue weighted by Crippen LogP contribution is -2.11. The van der Waals surface area contributed by atoms with Crippen LogP contribution in [0.15, 0.2) is 30.3 Å². The van der Waals surface area contributed by atoms with E-state index in [1.54, 1.807) is 6.07 Å². The van der Waals surface area contributed by atoms with Crippen LogP contribution in [0, 0.1) is 11.3 Å². The Morgan fingerprint density at radius 1 is 0.913 bits per heavy atom. The third-order valence-corrected chi connectivity index (χ3v) is 2.93. The highest BCUT2D eigenvalue weighted by Crippen LogP contribution is 2.38. The number of nitrogens with zero attached hydrogens (tertiary/aromatic N) is 2. The van der Waals surface area contributed by atoms with E-state index in [1.807, 2.05) is 0 Å². The average Bonchev–Trinajstić information content (AvgIpc) is 2.45. The zero-order valence-electron chi connectivity index (χ0n) is 11.1. The van der Waals surface area contributed by atoms with Crippen LogP contribution >= 0.6 is 0 Å². The molecule has 0 bridgehead atoms. The summed E-state index contributed by atoms with van der Waals surface area (Å²) in [5.74, 6) is -0.282. The Balaban J connectivity index is 2.67. The summed E-state index contributed by atoms with van der Waals surface area (Å²) in [4.78, 5) is 3.68. The molecule has 0 saturated carbocycles. The van der Waals surface area contributed by atoms with Crippen molar-refractivity contribution in [1.82, 2.24) is 4.98 Å². The van der Waals surface area contributed by atoms with E-state index in [0.29, 0.717) is 12.1 Å². The van der Waals surface area contributed by atoms with Crippen molar-refractivity contribution < 1.29 is 26.3 Å². The summed E-state index contributed by atoms with van der Waals surface area (Å²) in [6, 6.07) is 5.11. The maximum Gasteiger partial charge on any atom is 0.416 e. The van der Waals surface area contributed by atoms with Gasteiger partial charge in [-0.1, -0.05) is 0 Å². The molecule has 0 aliphatic heterocycles. The van der Waals surface area contributed by atoms with Crippen LogP contribution in [0.2, 0.25) is 0 Å². The van der Waals surface area contributed by atoms with E-state index in [-0.39, 0.29) is 23.1 Å². The number of rotatable bonds is 1. The van der Waals surface area contributed by atoms with Gasteiger partial charge in [0.15, 0.2) is 0 Å². The molecule has 2 aromatic rings. The summed E-state index contributed by atoms with van der Waals surface area (Å²) in [7, 11) is 0. The molecule has 0 radical (unpaired) electrons. The van der Waals surface area contributed by atoms with Crippen LogP contribution < -0.4 is 5.73 Å². The monoisotopic (exact) mass is 331 g/mol. The van der Waals surface area contributed by atoms with Crippen molar-refractivity contribution in [2.45, 2.75) is 12.4 Å². The number of nitriles is 1. The molecule has 1 aromatic heterocycles. The van der Waals surface area contributed by atoms with Gasteiger partial charge in [0, 0.05) is 5.56 Å². The summed E-state index contributed by atoms with van der Waals surface area (Å²) in [6.07, 6.45) is -9.90. The zero-order valence-corrected chi connectivity index (χ0v) is 11.1. The Morgan fingerprint density at radius 3 is 1.83 bits per heavy atom. The first kappa shape index (κ1) is 16.6. The molecule has 23 heavy (non-hydrogen) atoms. The first-order valence-electron chi connectivity index (χ1n) is 5.99. The van der Waals surface area contributed by atoms with Crippen LogP contribution in [-0.2, 0) is 12.4 Å². The Morgan fingerprint density at radius 2 is 1.43 bits per heavy atom. The largest absolute Gasteiger partial charge is 0.416 e. The Kier molecular flexibility index (Phi) is 3.94. The summed E-state index contributed by atoms with van der Waals surface area (Å²) < 4.78 is 76.8. The van der Waals surface area contributed by atoms with Crippen LogP contribution in [0.25, 0.3) is 11.3 Å².